The van der Waals surface area contributed by atoms with Crippen LogP contribution in [0.2, 0.25) is 0 Å². The molecule has 17 heavy (non-hydrogen) atoms. The van der Waals surface area contributed by atoms with E-state index < -0.39 is 0 Å². The predicted octanol–water partition coefficient (Wildman–Crippen LogP) is 2.81. The molecule has 1 aromatic carbocycles. The van der Waals surface area contributed by atoms with Crippen LogP contribution in [0, 0.1) is 24.2 Å². The summed E-state index contributed by atoms with van der Waals surface area (Å²) in [5.74, 6) is 1.78. The van der Waals surface area contributed by atoms with E-state index in [1.54, 1.807) is 14.2 Å². The second kappa shape index (κ2) is 3.96. The van der Waals surface area contributed by atoms with Crippen LogP contribution in [-0.2, 0) is 5.41 Å². The molecule has 0 aromatic heterocycles. The fourth-order valence-electron chi connectivity index (χ4n) is 2.46. The number of methoxy groups -OCH3 is 2. The molecule has 0 amide bonds. The van der Waals surface area contributed by atoms with Gasteiger partial charge in [-0.15, -0.1) is 0 Å². The Morgan fingerprint density at radius 1 is 1.35 bits per heavy atom. The van der Waals surface area contributed by atoms with Gasteiger partial charge in [-0.25, -0.2) is 0 Å². The molecule has 0 radical (unpaired) electrons. The quantitative estimate of drug-likeness (QED) is 0.803. The van der Waals surface area contributed by atoms with Crippen LogP contribution < -0.4 is 9.47 Å². The van der Waals surface area contributed by atoms with Crippen LogP contribution in [0.25, 0.3) is 0 Å². The molecule has 0 spiro atoms. The number of rotatable bonds is 3. The Labute approximate surface area is 102 Å². The van der Waals surface area contributed by atoms with E-state index in [1.165, 1.54) is 0 Å². The summed E-state index contributed by atoms with van der Waals surface area (Å²) in [5.41, 5.74) is 2.05. The van der Waals surface area contributed by atoms with E-state index >= 15 is 0 Å². The third kappa shape index (κ3) is 1.64. The summed E-state index contributed by atoms with van der Waals surface area (Å²) in [5, 5.41) is 9.02. The monoisotopic (exact) mass is 231 g/mol. The van der Waals surface area contributed by atoms with Crippen molar-refractivity contribution in [1.82, 2.24) is 0 Å². The standard InChI is InChI=1S/C14H17NO2/c1-9-12(16-3)6-5-11(13(9)17-4)14(2)7-10(14)8-15/h5-6,10H,7H2,1-4H3. The summed E-state index contributed by atoms with van der Waals surface area (Å²) >= 11 is 0. The van der Waals surface area contributed by atoms with Gasteiger partial charge in [0.2, 0.25) is 0 Å². The molecule has 0 N–H and O–H groups in total. The second-order valence-corrected chi connectivity index (χ2v) is 4.78. The number of nitrogens with zero attached hydrogens (tertiary/aromatic N) is 1. The fraction of sp³-hybridized carbons (Fsp3) is 0.500. The molecule has 0 heterocycles. The minimum Gasteiger partial charge on any atom is -0.496 e. The van der Waals surface area contributed by atoms with Crippen LogP contribution >= 0.6 is 0 Å². The summed E-state index contributed by atoms with van der Waals surface area (Å²) in [6.45, 7) is 4.10. The molecule has 0 saturated heterocycles. The van der Waals surface area contributed by atoms with E-state index in [2.05, 4.69) is 13.0 Å². The Balaban J connectivity index is 2.50. The third-order valence-electron chi connectivity index (χ3n) is 3.79. The lowest BCUT2D eigenvalue weighted by Gasteiger charge is -2.18. The van der Waals surface area contributed by atoms with E-state index in [1.807, 2.05) is 19.1 Å². The van der Waals surface area contributed by atoms with Crippen LogP contribution in [0.5, 0.6) is 11.5 Å². The molecule has 3 nitrogen and oxygen atoms in total. The molecule has 1 aliphatic rings. The van der Waals surface area contributed by atoms with Gasteiger partial charge in [0.05, 0.1) is 26.2 Å². The minimum atomic E-state index is -0.0584. The highest BCUT2D eigenvalue weighted by Gasteiger charge is 2.53. The summed E-state index contributed by atoms with van der Waals surface area (Å²) in [4.78, 5) is 0. The van der Waals surface area contributed by atoms with E-state index in [9.17, 15) is 0 Å². The molecule has 2 rings (SSSR count). The summed E-state index contributed by atoms with van der Waals surface area (Å²) in [6, 6.07) is 6.31. The molecule has 0 bridgehead atoms. The van der Waals surface area contributed by atoms with Gasteiger partial charge in [0.1, 0.15) is 11.5 Å². The Morgan fingerprint density at radius 2 is 2.06 bits per heavy atom. The number of nitriles is 1. The predicted molar refractivity (Wildman–Crippen MR) is 65.4 cm³/mol. The van der Waals surface area contributed by atoms with Gasteiger partial charge in [-0.1, -0.05) is 13.0 Å². The Hall–Kier alpha value is -1.69. The Morgan fingerprint density at radius 3 is 2.53 bits per heavy atom. The number of ether oxygens (including phenoxy) is 2. The van der Waals surface area contributed by atoms with Crippen LogP contribution in [0.4, 0.5) is 0 Å². The average Bonchev–Trinajstić information content (AvgIpc) is 3.01. The van der Waals surface area contributed by atoms with Gasteiger partial charge in [-0.3, -0.25) is 0 Å². The zero-order valence-electron chi connectivity index (χ0n) is 10.7. The molecule has 90 valence electrons. The first-order valence-corrected chi connectivity index (χ1v) is 5.70. The van der Waals surface area contributed by atoms with Crippen molar-refractivity contribution in [1.29, 1.82) is 5.26 Å². The average molecular weight is 231 g/mol. The highest BCUT2D eigenvalue weighted by Crippen LogP contribution is 2.57. The van der Waals surface area contributed by atoms with Crippen LogP contribution in [0.3, 0.4) is 0 Å². The zero-order valence-corrected chi connectivity index (χ0v) is 10.7. The molecule has 1 fully saturated rings. The van der Waals surface area contributed by atoms with Crippen molar-refractivity contribution in [2.45, 2.75) is 25.7 Å². The highest BCUT2D eigenvalue weighted by atomic mass is 16.5. The topological polar surface area (TPSA) is 42.2 Å². The SMILES string of the molecule is COc1ccc(C2(C)CC2C#N)c(OC)c1C. The lowest BCUT2D eigenvalue weighted by Crippen LogP contribution is -2.08. The first-order valence-electron chi connectivity index (χ1n) is 5.70. The van der Waals surface area contributed by atoms with Gasteiger partial charge < -0.3 is 9.47 Å². The van der Waals surface area contributed by atoms with Gasteiger partial charge >= 0.3 is 0 Å². The lowest BCUT2D eigenvalue weighted by atomic mass is 9.92. The summed E-state index contributed by atoms with van der Waals surface area (Å²) < 4.78 is 10.8. The van der Waals surface area contributed by atoms with E-state index in [0.29, 0.717) is 0 Å². The molecule has 1 saturated carbocycles. The van der Waals surface area contributed by atoms with Gasteiger partial charge in [0, 0.05) is 16.5 Å². The zero-order chi connectivity index (χ0) is 12.6. The van der Waals surface area contributed by atoms with Crippen molar-refractivity contribution in [2.75, 3.05) is 14.2 Å². The number of benzene rings is 1. The van der Waals surface area contributed by atoms with E-state index in [4.69, 9.17) is 14.7 Å². The molecule has 2 unspecified atom stereocenters. The van der Waals surface area contributed by atoms with Crippen LogP contribution in [0.15, 0.2) is 12.1 Å². The van der Waals surface area contributed by atoms with E-state index in [-0.39, 0.29) is 11.3 Å². The second-order valence-electron chi connectivity index (χ2n) is 4.78. The fourth-order valence-corrected chi connectivity index (χ4v) is 2.46. The first kappa shape index (κ1) is 11.8. The minimum absolute atomic E-state index is 0.0584. The first-order chi connectivity index (χ1) is 8.08. The summed E-state index contributed by atoms with van der Waals surface area (Å²) in [7, 11) is 3.32. The van der Waals surface area contributed by atoms with Crippen LogP contribution in [-0.4, -0.2) is 14.2 Å². The largest absolute Gasteiger partial charge is 0.496 e. The Kier molecular flexibility index (Phi) is 2.74. The number of hydrogen-bond acceptors (Lipinski definition) is 3. The molecular weight excluding hydrogens is 214 g/mol. The molecule has 3 heteroatoms. The Bertz CT molecular complexity index is 490. The third-order valence-corrected chi connectivity index (χ3v) is 3.79. The smallest absolute Gasteiger partial charge is 0.129 e. The maximum absolute atomic E-state index is 9.02. The van der Waals surface area contributed by atoms with Crippen molar-refractivity contribution >= 4 is 0 Å². The van der Waals surface area contributed by atoms with Crippen LogP contribution in [0.1, 0.15) is 24.5 Å². The molecular formula is C14H17NO2. The lowest BCUT2D eigenvalue weighted by molar-refractivity contribution is 0.382. The van der Waals surface area contributed by atoms with E-state index in [0.717, 1.165) is 29.0 Å². The molecule has 2 atom stereocenters. The van der Waals surface area contributed by atoms with Crippen molar-refractivity contribution in [3.63, 3.8) is 0 Å². The summed E-state index contributed by atoms with van der Waals surface area (Å²) in [6.07, 6.45) is 0.908. The molecule has 1 aliphatic carbocycles. The maximum Gasteiger partial charge on any atom is 0.129 e. The van der Waals surface area contributed by atoms with Gasteiger partial charge in [0.15, 0.2) is 0 Å². The van der Waals surface area contributed by atoms with Gasteiger partial charge in [-0.05, 0) is 19.4 Å². The molecule has 1 aromatic rings. The van der Waals surface area contributed by atoms with Crippen molar-refractivity contribution in [3.8, 4) is 17.6 Å². The van der Waals surface area contributed by atoms with Crippen molar-refractivity contribution < 1.29 is 9.47 Å². The maximum atomic E-state index is 9.02. The van der Waals surface area contributed by atoms with Crippen molar-refractivity contribution in [3.05, 3.63) is 23.3 Å². The van der Waals surface area contributed by atoms with Gasteiger partial charge in [0.25, 0.3) is 0 Å². The molecule has 0 aliphatic heterocycles. The van der Waals surface area contributed by atoms with Crippen molar-refractivity contribution in [2.24, 2.45) is 5.92 Å². The highest BCUT2D eigenvalue weighted by molar-refractivity contribution is 5.55. The van der Waals surface area contributed by atoms with Gasteiger partial charge in [-0.2, -0.15) is 5.26 Å². The number of hydrogen-bond donors (Lipinski definition) is 0. The normalized spacial score (nSPS) is 26.2.